The molecule has 2 aromatic rings. The highest BCUT2D eigenvalue weighted by Crippen LogP contribution is 2.30. The molecule has 0 saturated carbocycles. The summed E-state index contributed by atoms with van der Waals surface area (Å²) in [6.45, 7) is 6.36. The van der Waals surface area contributed by atoms with Crippen LogP contribution in [-0.4, -0.2) is 32.1 Å². The maximum atomic E-state index is 12.0. The molecule has 144 valence electrons. The predicted octanol–water partition coefficient (Wildman–Crippen LogP) is 4.04. The number of carbonyl (C=O) groups is 1. The molecule has 0 aliphatic rings. The number of hydrogen-bond donors (Lipinski definition) is 2. The summed E-state index contributed by atoms with van der Waals surface area (Å²) in [5.74, 6) is 1.93. The smallest absolute Gasteiger partial charge is 0.339 e. The van der Waals surface area contributed by atoms with Crippen molar-refractivity contribution in [2.75, 3.05) is 19.0 Å². The topological polar surface area (TPSA) is 81.2 Å². The predicted molar refractivity (Wildman–Crippen MR) is 106 cm³/mol. The molecular formula is C20H25N3O4. The van der Waals surface area contributed by atoms with E-state index >= 15 is 0 Å². The minimum atomic E-state index is -0.454. The molecule has 0 radical (unpaired) electrons. The van der Waals surface area contributed by atoms with Crippen LogP contribution in [0.25, 0.3) is 0 Å². The molecule has 27 heavy (non-hydrogen) atoms. The van der Waals surface area contributed by atoms with E-state index in [1.807, 2.05) is 32.9 Å². The van der Waals surface area contributed by atoms with E-state index in [0.29, 0.717) is 29.4 Å². The number of anilines is 1. The molecule has 2 aromatic carbocycles. The van der Waals surface area contributed by atoms with E-state index in [2.05, 4.69) is 15.8 Å². The highest BCUT2D eigenvalue weighted by Gasteiger charge is 2.11. The van der Waals surface area contributed by atoms with Crippen molar-refractivity contribution in [3.63, 3.8) is 0 Å². The van der Waals surface area contributed by atoms with Crippen molar-refractivity contribution in [2.24, 2.45) is 5.10 Å². The van der Waals surface area contributed by atoms with Crippen molar-refractivity contribution in [1.82, 2.24) is 5.43 Å². The van der Waals surface area contributed by atoms with E-state index in [9.17, 15) is 4.79 Å². The summed E-state index contributed by atoms with van der Waals surface area (Å²) < 4.78 is 16.5. The molecule has 7 heteroatoms. The number of benzene rings is 2. The Morgan fingerprint density at radius 3 is 2.56 bits per heavy atom. The number of carbonyl (C=O) groups excluding carboxylic acids is 1. The Hall–Kier alpha value is -3.22. The van der Waals surface area contributed by atoms with Gasteiger partial charge in [0.25, 0.3) is 0 Å². The Labute approximate surface area is 159 Å². The minimum Gasteiger partial charge on any atom is -0.494 e. The number of amides is 2. The van der Waals surface area contributed by atoms with Crippen LogP contribution in [0, 0.1) is 0 Å². The van der Waals surface area contributed by atoms with Crippen LogP contribution in [0.5, 0.6) is 17.2 Å². The van der Waals surface area contributed by atoms with E-state index in [1.165, 1.54) is 6.21 Å². The first-order chi connectivity index (χ1) is 13.0. The van der Waals surface area contributed by atoms with Gasteiger partial charge in [0, 0.05) is 11.3 Å². The van der Waals surface area contributed by atoms with Crippen molar-refractivity contribution in [3.05, 3.63) is 48.0 Å². The molecular weight excluding hydrogens is 346 g/mol. The van der Waals surface area contributed by atoms with E-state index < -0.39 is 6.03 Å². The molecule has 0 spiro atoms. The van der Waals surface area contributed by atoms with Crippen LogP contribution in [0.1, 0.15) is 26.3 Å². The van der Waals surface area contributed by atoms with Crippen molar-refractivity contribution in [1.29, 1.82) is 0 Å². The van der Waals surface area contributed by atoms with Gasteiger partial charge in [0.05, 0.1) is 26.0 Å². The maximum Gasteiger partial charge on any atom is 0.339 e. The number of nitrogens with one attached hydrogen (secondary N) is 2. The summed E-state index contributed by atoms with van der Waals surface area (Å²) in [5.41, 5.74) is 3.76. The lowest BCUT2D eigenvalue weighted by Gasteiger charge is -2.15. The number of hydrazone groups is 1. The average molecular weight is 371 g/mol. The Balaban J connectivity index is 1.99. The lowest BCUT2D eigenvalue weighted by atomic mass is 10.2. The quantitative estimate of drug-likeness (QED) is 0.542. The Morgan fingerprint density at radius 2 is 1.93 bits per heavy atom. The fourth-order valence-electron chi connectivity index (χ4n) is 2.28. The van der Waals surface area contributed by atoms with Gasteiger partial charge in [-0.05, 0) is 57.2 Å². The van der Waals surface area contributed by atoms with Crippen molar-refractivity contribution < 1.29 is 19.0 Å². The Bertz CT molecular complexity index is 773. The van der Waals surface area contributed by atoms with Crippen LogP contribution in [0.3, 0.4) is 0 Å². The second-order valence-corrected chi connectivity index (χ2v) is 5.83. The fourth-order valence-corrected chi connectivity index (χ4v) is 2.28. The second kappa shape index (κ2) is 10.1. The number of para-hydroxylation sites is 1. The number of hydrogen-bond acceptors (Lipinski definition) is 5. The third-order valence-electron chi connectivity index (χ3n) is 3.38. The molecule has 7 nitrogen and oxygen atoms in total. The molecule has 0 aromatic heterocycles. The van der Waals surface area contributed by atoms with Gasteiger partial charge < -0.3 is 19.5 Å². The van der Waals surface area contributed by atoms with E-state index in [1.54, 1.807) is 37.4 Å². The first kappa shape index (κ1) is 20.1. The molecule has 0 aliphatic heterocycles. The van der Waals surface area contributed by atoms with Crippen LogP contribution < -0.4 is 25.0 Å². The minimum absolute atomic E-state index is 0.0237. The zero-order chi connectivity index (χ0) is 19.6. The van der Waals surface area contributed by atoms with Crippen LogP contribution in [0.4, 0.5) is 10.5 Å². The number of rotatable bonds is 8. The van der Waals surface area contributed by atoms with Crippen molar-refractivity contribution in [2.45, 2.75) is 26.9 Å². The second-order valence-electron chi connectivity index (χ2n) is 5.83. The molecule has 0 bridgehead atoms. The van der Waals surface area contributed by atoms with Gasteiger partial charge in [-0.2, -0.15) is 5.10 Å². The molecule has 0 fully saturated rings. The van der Waals surface area contributed by atoms with Crippen LogP contribution in [0.15, 0.2) is 47.6 Å². The first-order valence-corrected chi connectivity index (χ1v) is 8.70. The molecule has 2 amide bonds. The summed E-state index contributed by atoms with van der Waals surface area (Å²) in [6.07, 6.45) is 1.49. The summed E-state index contributed by atoms with van der Waals surface area (Å²) >= 11 is 0. The Kier molecular flexibility index (Phi) is 7.49. The molecule has 2 rings (SSSR count). The Morgan fingerprint density at radius 1 is 1.19 bits per heavy atom. The molecule has 0 atom stereocenters. The van der Waals surface area contributed by atoms with Gasteiger partial charge in [0.15, 0.2) is 11.5 Å². The largest absolute Gasteiger partial charge is 0.494 e. The first-order valence-electron chi connectivity index (χ1n) is 8.70. The van der Waals surface area contributed by atoms with Crippen LogP contribution in [-0.2, 0) is 0 Å². The lowest BCUT2D eigenvalue weighted by Crippen LogP contribution is -2.24. The van der Waals surface area contributed by atoms with Crippen LogP contribution in [0.2, 0.25) is 0 Å². The van der Waals surface area contributed by atoms with Gasteiger partial charge in [-0.3, -0.25) is 0 Å². The van der Waals surface area contributed by atoms with Gasteiger partial charge in [-0.15, -0.1) is 0 Å². The zero-order valence-electron chi connectivity index (χ0n) is 16.0. The van der Waals surface area contributed by atoms with Gasteiger partial charge >= 0.3 is 6.03 Å². The lowest BCUT2D eigenvalue weighted by molar-refractivity contribution is 0.230. The maximum absolute atomic E-state index is 12.0. The van der Waals surface area contributed by atoms with Crippen LogP contribution >= 0.6 is 0 Å². The highest BCUT2D eigenvalue weighted by atomic mass is 16.5. The SMILES string of the molecule is CCOc1ccc(NC(=O)N/N=C/c2cccc(OC)c2OC(C)C)cc1. The third-order valence-corrected chi connectivity index (χ3v) is 3.38. The number of urea groups is 1. The monoisotopic (exact) mass is 371 g/mol. The zero-order valence-corrected chi connectivity index (χ0v) is 16.0. The third kappa shape index (κ3) is 6.22. The summed E-state index contributed by atoms with van der Waals surface area (Å²) in [5, 5.41) is 6.67. The normalized spacial score (nSPS) is 10.7. The number of methoxy groups -OCH3 is 1. The molecule has 0 saturated heterocycles. The fraction of sp³-hybridized carbons (Fsp3) is 0.300. The molecule has 2 N–H and O–H groups in total. The summed E-state index contributed by atoms with van der Waals surface area (Å²) in [7, 11) is 1.58. The highest BCUT2D eigenvalue weighted by molar-refractivity contribution is 5.91. The van der Waals surface area contributed by atoms with Gasteiger partial charge in [-0.25, -0.2) is 10.2 Å². The van der Waals surface area contributed by atoms with Crippen molar-refractivity contribution >= 4 is 17.9 Å². The summed E-state index contributed by atoms with van der Waals surface area (Å²) in [6, 6.07) is 12.1. The average Bonchev–Trinajstić information content (AvgIpc) is 2.64. The van der Waals surface area contributed by atoms with E-state index in [-0.39, 0.29) is 6.10 Å². The number of ether oxygens (including phenoxy) is 3. The molecule has 0 aliphatic carbocycles. The number of nitrogens with zero attached hydrogens (tertiary/aromatic N) is 1. The van der Waals surface area contributed by atoms with Gasteiger partial charge in [-0.1, -0.05) is 6.07 Å². The molecule has 0 unspecified atom stereocenters. The van der Waals surface area contributed by atoms with E-state index in [0.717, 1.165) is 5.75 Å². The van der Waals surface area contributed by atoms with Gasteiger partial charge in [0.1, 0.15) is 5.75 Å². The van der Waals surface area contributed by atoms with Crippen molar-refractivity contribution in [3.8, 4) is 17.2 Å². The summed E-state index contributed by atoms with van der Waals surface area (Å²) in [4.78, 5) is 12.0. The molecule has 0 heterocycles. The van der Waals surface area contributed by atoms with E-state index in [4.69, 9.17) is 14.2 Å². The van der Waals surface area contributed by atoms with Gasteiger partial charge in [0.2, 0.25) is 0 Å². The standard InChI is InChI=1S/C20H25N3O4/c1-5-26-17-11-9-16(10-12-17)22-20(24)23-21-13-15-7-6-8-18(25-4)19(15)27-14(2)3/h6-14H,5H2,1-4H3,(H2,22,23,24)/b21-13+.